The maximum absolute atomic E-state index is 10.7. The molecule has 0 amide bonds. The molecular formula is C6H14N4O4. The lowest BCUT2D eigenvalue weighted by molar-refractivity contribution is -0.535. The summed E-state index contributed by atoms with van der Waals surface area (Å²) in [5, 5.41) is 10.7. The zero-order valence-electron chi connectivity index (χ0n) is 7.59. The normalized spacial score (nSPS) is 32.9. The number of rotatable bonds is 4. The maximum Gasteiger partial charge on any atom is 0.232 e. The van der Waals surface area contributed by atoms with E-state index in [1.165, 1.54) is 0 Å². The van der Waals surface area contributed by atoms with Crippen LogP contribution in [0.2, 0.25) is 0 Å². The molecule has 0 aromatic carbocycles. The van der Waals surface area contributed by atoms with E-state index in [1.807, 2.05) is 0 Å². The fourth-order valence-corrected chi connectivity index (χ4v) is 1.70. The standard InChI is InChI=1S/C6H14N4O4/c7-9-5-2-1-4(13-14-8)3-6(5)10(11)12/h4-6,9H,1-3,7-8H2. The van der Waals surface area contributed by atoms with Gasteiger partial charge >= 0.3 is 0 Å². The molecule has 1 aliphatic carbocycles. The van der Waals surface area contributed by atoms with Gasteiger partial charge in [0.1, 0.15) is 6.10 Å². The summed E-state index contributed by atoms with van der Waals surface area (Å²) in [7, 11) is 0. The van der Waals surface area contributed by atoms with Crippen LogP contribution in [0.4, 0.5) is 0 Å². The van der Waals surface area contributed by atoms with Crippen LogP contribution in [-0.2, 0) is 9.88 Å². The molecular weight excluding hydrogens is 192 g/mol. The Labute approximate surface area is 80.5 Å². The van der Waals surface area contributed by atoms with Crippen LogP contribution in [0.3, 0.4) is 0 Å². The predicted molar refractivity (Wildman–Crippen MR) is 45.9 cm³/mol. The Morgan fingerprint density at radius 1 is 1.50 bits per heavy atom. The average molecular weight is 206 g/mol. The van der Waals surface area contributed by atoms with Gasteiger partial charge in [0.05, 0.1) is 6.04 Å². The third-order valence-corrected chi connectivity index (χ3v) is 2.44. The molecule has 8 heteroatoms. The molecule has 0 bridgehead atoms. The summed E-state index contributed by atoms with van der Waals surface area (Å²) in [6.45, 7) is 0. The zero-order chi connectivity index (χ0) is 10.6. The van der Waals surface area contributed by atoms with Crippen LogP contribution in [0.15, 0.2) is 0 Å². The minimum atomic E-state index is -0.756. The summed E-state index contributed by atoms with van der Waals surface area (Å²) in [5.41, 5.74) is 2.43. The van der Waals surface area contributed by atoms with E-state index in [0.29, 0.717) is 12.8 Å². The van der Waals surface area contributed by atoms with Crippen molar-refractivity contribution in [1.29, 1.82) is 0 Å². The zero-order valence-corrected chi connectivity index (χ0v) is 7.59. The molecule has 0 saturated heterocycles. The molecule has 0 aliphatic heterocycles. The number of hydrogen-bond donors (Lipinski definition) is 3. The number of nitro groups is 1. The smallest absolute Gasteiger partial charge is 0.232 e. The van der Waals surface area contributed by atoms with Crippen molar-refractivity contribution in [1.82, 2.24) is 5.43 Å². The number of hydrogen-bond acceptors (Lipinski definition) is 7. The second kappa shape index (κ2) is 5.17. The fourth-order valence-electron chi connectivity index (χ4n) is 1.70. The van der Waals surface area contributed by atoms with Gasteiger partial charge < -0.3 is 0 Å². The summed E-state index contributed by atoms with van der Waals surface area (Å²) in [4.78, 5) is 19.0. The van der Waals surface area contributed by atoms with Crippen LogP contribution in [0.5, 0.6) is 0 Å². The van der Waals surface area contributed by atoms with Crippen LogP contribution in [-0.4, -0.2) is 23.1 Å². The molecule has 14 heavy (non-hydrogen) atoms. The van der Waals surface area contributed by atoms with Gasteiger partial charge in [0, 0.05) is 11.3 Å². The topological polar surface area (TPSA) is 126 Å². The van der Waals surface area contributed by atoms with Gasteiger partial charge in [-0.3, -0.25) is 21.4 Å². The minimum absolute atomic E-state index is 0.249. The Bertz CT molecular complexity index is 202. The van der Waals surface area contributed by atoms with Crippen molar-refractivity contribution in [2.45, 2.75) is 37.5 Å². The van der Waals surface area contributed by atoms with Gasteiger partial charge in [0.2, 0.25) is 6.04 Å². The Morgan fingerprint density at radius 3 is 2.71 bits per heavy atom. The molecule has 0 aromatic rings. The highest BCUT2D eigenvalue weighted by Crippen LogP contribution is 2.23. The molecule has 0 spiro atoms. The van der Waals surface area contributed by atoms with Gasteiger partial charge in [0.25, 0.3) is 0 Å². The number of hydrazine groups is 1. The highest BCUT2D eigenvalue weighted by molar-refractivity contribution is 4.83. The van der Waals surface area contributed by atoms with Crippen molar-refractivity contribution < 1.29 is 14.8 Å². The van der Waals surface area contributed by atoms with Gasteiger partial charge in [-0.1, -0.05) is 0 Å². The Balaban J connectivity index is 2.52. The number of nitrogens with two attached hydrogens (primary N) is 2. The Kier molecular flexibility index (Phi) is 4.17. The molecule has 8 nitrogen and oxygen atoms in total. The lowest BCUT2D eigenvalue weighted by Crippen LogP contribution is -2.52. The monoisotopic (exact) mass is 206 g/mol. The summed E-state index contributed by atoms with van der Waals surface area (Å²) >= 11 is 0. The lowest BCUT2D eigenvalue weighted by Gasteiger charge is -2.28. The summed E-state index contributed by atoms with van der Waals surface area (Å²) in [5.74, 6) is 9.92. The molecule has 1 rings (SSSR count). The second-order valence-electron chi connectivity index (χ2n) is 3.25. The highest BCUT2D eigenvalue weighted by Gasteiger charge is 2.38. The second-order valence-corrected chi connectivity index (χ2v) is 3.25. The quantitative estimate of drug-likeness (QED) is 0.229. The van der Waals surface area contributed by atoms with E-state index >= 15 is 0 Å². The van der Waals surface area contributed by atoms with Crippen LogP contribution < -0.4 is 17.2 Å². The van der Waals surface area contributed by atoms with Crippen molar-refractivity contribution in [3.05, 3.63) is 10.1 Å². The largest absolute Gasteiger partial charge is 0.271 e. The highest BCUT2D eigenvalue weighted by atomic mass is 17.3. The van der Waals surface area contributed by atoms with Gasteiger partial charge in [-0.05, 0) is 12.8 Å². The van der Waals surface area contributed by atoms with E-state index in [4.69, 9.17) is 11.7 Å². The molecule has 0 radical (unpaired) electrons. The minimum Gasteiger partial charge on any atom is -0.271 e. The predicted octanol–water partition coefficient (Wildman–Crippen LogP) is -1.16. The first-order valence-electron chi connectivity index (χ1n) is 4.31. The average Bonchev–Trinajstić information content (AvgIpc) is 2.18. The first-order chi connectivity index (χ1) is 6.69. The van der Waals surface area contributed by atoms with Crippen LogP contribution in [0.1, 0.15) is 19.3 Å². The van der Waals surface area contributed by atoms with Crippen LogP contribution in [0.25, 0.3) is 0 Å². The Hall–Kier alpha value is -0.800. The maximum atomic E-state index is 10.7. The SMILES string of the molecule is NNC1CCC(OON)CC1[N+](=O)[O-]. The molecule has 1 fully saturated rings. The fraction of sp³-hybridized carbons (Fsp3) is 1.00. The Morgan fingerprint density at radius 2 is 2.21 bits per heavy atom. The van der Waals surface area contributed by atoms with Crippen LogP contribution >= 0.6 is 0 Å². The van der Waals surface area contributed by atoms with Gasteiger partial charge in [-0.25, -0.2) is 4.89 Å². The first kappa shape index (κ1) is 11.3. The molecule has 3 unspecified atom stereocenters. The molecule has 1 aliphatic rings. The summed E-state index contributed by atoms with van der Waals surface area (Å²) in [6.07, 6.45) is 1.12. The molecule has 0 heterocycles. The van der Waals surface area contributed by atoms with Crippen LogP contribution in [0, 0.1) is 10.1 Å². The molecule has 3 atom stereocenters. The first-order valence-corrected chi connectivity index (χ1v) is 4.31. The molecule has 5 N–H and O–H groups in total. The summed E-state index contributed by atoms with van der Waals surface area (Å²) in [6, 6.07) is -1.07. The van der Waals surface area contributed by atoms with E-state index in [-0.39, 0.29) is 23.5 Å². The van der Waals surface area contributed by atoms with Crippen molar-refractivity contribution >= 4 is 0 Å². The number of nitrogens with one attached hydrogen (secondary N) is 1. The molecule has 0 aromatic heterocycles. The number of nitrogens with zero attached hydrogens (tertiary/aromatic N) is 1. The lowest BCUT2D eigenvalue weighted by atomic mass is 9.89. The third-order valence-electron chi connectivity index (χ3n) is 2.44. The van der Waals surface area contributed by atoms with Gasteiger partial charge in [-0.2, -0.15) is 5.90 Å². The van der Waals surface area contributed by atoms with E-state index in [1.54, 1.807) is 0 Å². The molecule has 1 saturated carbocycles. The van der Waals surface area contributed by atoms with E-state index < -0.39 is 6.04 Å². The van der Waals surface area contributed by atoms with E-state index in [9.17, 15) is 10.1 Å². The van der Waals surface area contributed by atoms with Gasteiger partial charge in [0.15, 0.2) is 0 Å². The van der Waals surface area contributed by atoms with Gasteiger partial charge in [-0.15, -0.1) is 4.99 Å². The van der Waals surface area contributed by atoms with Crippen molar-refractivity contribution in [2.24, 2.45) is 11.7 Å². The van der Waals surface area contributed by atoms with Crippen molar-refractivity contribution in [3.63, 3.8) is 0 Å². The summed E-state index contributed by atoms with van der Waals surface area (Å²) < 4.78 is 0. The van der Waals surface area contributed by atoms with Crippen molar-refractivity contribution in [3.8, 4) is 0 Å². The van der Waals surface area contributed by atoms with E-state index in [0.717, 1.165) is 0 Å². The third kappa shape index (κ3) is 2.59. The molecule has 82 valence electrons. The van der Waals surface area contributed by atoms with Crippen molar-refractivity contribution in [2.75, 3.05) is 0 Å². The van der Waals surface area contributed by atoms with E-state index in [2.05, 4.69) is 15.3 Å².